The van der Waals surface area contributed by atoms with Crippen LogP contribution in [-0.2, 0) is 31.0 Å². The molecule has 0 unspecified atom stereocenters. The molecular formula is C9H11FeO3+3. The van der Waals surface area contributed by atoms with E-state index in [2.05, 4.69) is 44.3 Å². The van der Waals surface area contributed by atoms with Crippen LogP contribution in [-0.4, -0.2) is 0 Å². The van der Waals surface area contributed by atoms with Crippen LogP contribution in [0, 0.1) is 20.0 Å². The van der Waals surface area contributed by atoms with Crippen LogP contribution in [0.25, 0.3) is 0 Å². The third-order valence-electron chi connectivity index (χ3n) is 0.883. The van der Waals surface area contributed by atoms with Gasteiger partial charge in [0.2, 0.25) is 0 Å². The molecule has 1 rings (SSSR count). The molecule has 0 spiro atoms. The second-order valence-electron chi connectivity index (χ2n) is 1.43. The zero-order valence-electron chi connectivity index (χ0n) is 7.03. The van der Waals surface area contributed by atoms with Gasteiger partial charge in [0, 0.05) is 17.1 Å². The van der Waals surface area contributed by atoms with Gasteiger partial charge in [0.1, 0.15) is 0 Å². The summed E-state index contributed by atoms with van der Waals surface area (Å²) in [7, 11) is 0. The van der Waals surface area contributed by atoms with Gasteiger partial charge in [-0.25, -0.2) is 0 Å². The fraction of sp³-hybridized carbons (Fsp3) is 0.222. The monoisotopic (exact) mass is 223 g/mol. The minimum absolute atomic E-state index is 0. The Balaban J connectivity index is -0.0000000508. The number of rotatable bonds is 0. The second-order valence-corrected chi connectivity index (χ2v) is 1.43. The van der Waals surface area contributed by atoms with Crippen LogP contribution < -0.4 is 0 Å². The molecule has 0 N–H and O–H groups in total. The molecule has 70 valence electrons. The summed E-state index contributed by atoms with van der Waals surface area (Å²) < 4.78 is 23.2. The van der Waals surface area contributed by atoms with Gasteiger partial charge in [-0.05, 0) is 12.8 Å². The van der Waals surface area contributed by atoms with Gasteiger partial charge >= 0.3 is 33.9 Å². The molecule has 0 radical (unpaired) electrons. The summed E-state index contributed by atoms with van der Waals surface area (Å²) in [4.78, 5) is 0. The smallest absolute Gasteiger partial charge is 0 e. The summed E-state index contributed by atoms with van der Waals surface area (Å²) in [6.07, 6.45) is 11.0. The van der Waals surface area contributed by atoms with Crippen molar-refractivity contribution in [1.29, 1.82) is 0 Å². The van der Waals surface area contributed by atoms with Gasteiger partial charge in [-0.15, -0.1) is 0 Å². The SMILES string of the molecule is C#[O+].C#[O+].C#[O+].C1=CCCC=C1.[Fe]. The second kappa shape index (κ2) is 43.0. The zero-order valence-corrected chi connectivity index (χ0v) is 8.14. The quantitative estimate of drug-likeness (QED) is 0.444. The van der Waals surface area contributed by atoms with E-state index >= 15 is 0 Å². The van der Waals surface area contributed by atoms with E-state index in [-0.39, 0.29) is 17.1 Å². The Morgan fingerprint density at radius 3 is 1.00 bits per heavy atom. The van der Waals surface area contributed by atoms with Gasteiger partial charge in [0.25, 0.3) is 0 Å². The molecule has 1 aliphatic rings. The minimum Gasteiger partial charge on any atom is -0.0842 e. The Labute approximate surface area is 88.5 Å². The van der Waals surface area contributed by atoms with Crippen LogP contribution in [0.1, 0.15) is 12.8 Å². The van der Waals surface area contributed by atoms with E-state index in [0.29, 0.717) is 0 Å². The predicted molar refractivity (Wildman–Crippen MR) is 44.4 cm³/mol. The van der Waals surface area contributed by atoms with Gasteiger partial charge in [-0.3, -0.25) is 0 Å². The third kappa shape index (κ3) is 35.0. The summed E-state index contributed by atoms with van der Waals surface area (Å²) in [6, 6.07) is 0. The average Bonchev–Trinajstić information content (AvgIpc) is 2.29. The molecule has 0 aromatic carbocycles. The molecule has 0 aromatic heterocycles. The Bertz CT molecular complexity index is 151. The molecule has 0 saturated heterocycles. The first-order chi connectivity index (χ1) is 6.00. The minimum atomic E-state index is 0. The number of allylic oxidation sites excluding steroid dienone is 4. The molecule has 0 aromatic rings. The van der Waals surface area contributed by atoms with Crippen LogP contribution in [0.2, 0.25) is 0 Å². The third-order valence-corrected chi connectivity index (χ3v) is 0.883. The predicted octanol–water partition coefficient (Wildman–Crippen LogP) is 1.91. The molecule has 0 amide bonds. The maximum absolute atomic E-state index is 7.75. The van der Waals surface area contributed by atoms with Crippen molar-refractivity contribution < 1.29 is 31.0 Å². The van der Waals surface area contributed by atoms with Crippen molar-refractivity contribution in [3.63, 3.8) is 0 Å². The number of hydrogen-bond donors (Lipinski definition) is 0. The van der Waals surface area contributed by atoms with Gasteiger partial charge in [-0.1, -0.05) is 24.3 Å². The molecule has 0 fully saturated rings. The summed E-state index contributed by atoms with van der Waals surface area (Å²) in [5.74, 6) is 0. The Morgan fingerprint density at radius 1 is 0.692 bits per heavy atom. The van der Waals surface area contributed by atoms with E-state index in [4.69, 9.17) is 14.0 Å². The topological polar surface area (TPSA) is 59.7 Å². The molecular weight excluding hydrogens is 212 g/mol. The summed E-state index contributed by atoms with van der Waals surface area (Å²) >= 11 is 0. The molecule has 0 aliphatic heterocycles. The van der Waals surface area contributed by atoms with Crippen molar-refractivity contribution in [2.45, 2.75) is 12.8 Å². The molecule has 1 aliphatic carbocycles. The summed E-state index contributed by atoms with van der Waals surface area (Å²) in [5.41, 5.74) is 0. The molecule has 0 atom stereocenters. The largest absolute Gasteiger partial charge is 0.0842 e. The van der Waals surface area contributed by atoms with Crippen molar-refractivity contribution in [3.05, 3.63) is 24.3 Å². The van der Waals surface area contributed by atoms with E-state index in [9.17, 15) is 0 Å². The first kappa shape index (κ1) is 22.8. The first-order valence-corrected chi connectivity index (χ1v) is 3.02. The van der Waals surface area contributed by atoms with Gasteiger partial charge < -0.3 is 0 Å². The fourth-order valence-corrected chi connectivity index (χ4v) is 0.542. The molecule has 4 heteroatoms. The summed E-state index contributed by atoms with van der Waals surface area (Å²) in [6.45, 7) is 9.75. The molecule has 0 bridgehead atoms. The van der Waals surface area contributed by atoms with Crippen molar-refractivity contribution in [2.24, 2.45) is 0 Å². The molecule has 3 nitrogen and oxygen atoms in total. The van der Waals surface area contributed by atoms with Crippen LogP contribution in [0.5, 0.6) is 0 Å². The van der Waals surface area contributed by atoms with Crippen LogP contribution in [0.15, 0.2) is 24.3 Å². The van der Waals surface area contributed by atoms with E-state index in [0.717, 1.165) is 0 Å². The Kier molecular flexibility index (Phi) is 75.3. The van der Waals surface area contributed by atoms with Crippen molar-refractivity contribution in [2.75, 3.05) is 0 Å². The first-order valence-electron chi connectivity index (χ1n) is 3.02. The van der Waals surface area contributed by atoms with Crippen LogP contribution >= 0.6 is 0 Å². The molecule has 0 saturated carbocycles. The maximum Gasteiger partial charge on any atom is 0 e. The Morgan fingerprint density at radius 2 is 0.923 bits per heavy atom. The van der Waals surface area contributed by atoms with Crippen molar-refractivity contribution in [3.8, 4) is 20.0 Å². The van der Waals surface area contributed by atoms with Crippen LogP contribution in [0.4, 0.5) is 0 Å². The van der Waals surface area contributed by atoms with Crippen LogP contribution in [0.3, 0.4) is 0 Å². The van der Waals surface area contributed by atoms with Gasteiger partial charge in [0.15, 0.2) is 0 Å². The normalized spacial score (nSPS) is 9.08. The fourth-order valence-electron chi connectivity index (χ4n) is 0.542. The van der Waals surface area contributed by atoms with E-state index in [1.807, 2.05) is 0 Å². The maximum atomic E-state index is 7.75. The van der Waals surface area contributed by atoms with Crippen molar-refractivity contribution in [1.82, 2.24) is 0 Å². The average molecular weight is 223 g/mol. The zero-order chi connectivity index (χ0) is 10.2. The van der Waals surface area contributed by atoms with Gasteiger partial charge in [-0.2, -0.15) is 0 Å². The Hall–Kier alpha value is -0.781. The van der Waals surface area contributed by atoms with E-state index in [1.54, 1.807) is 0 Å². The summed E-state index contributed by atoms with van der Waals surface area (Å²) in [5, 5.41) is 0. The van der Waals surface area contributed by atoms with E-state index < -0.39 is 0 Å². The van der Waals surface area contributed by atoms with Gasteiger partial charge in [0.05, 0.1) is 0 Å². The standard InChI is InChI=1S/C6H8.3CHO.Fe/c1-2-4-6-5-3-1;3*1-2;/h1-4H,5-6H2;3*1H;/q;3*+1;. The molecule has 13 heavy (non-hydrogen) atoms. The van der Waals surface area contributed by atoms with E-state index in [1.165, 1.54) is 12.8 Å². The van der Waals surface area contributed by atoms with Crippen molar-refractivity contribution >= 4 is 0 Å². The molecule has 0 heterocycles. The number of hydrogen-bond acceptors (Lipinski definition) is 0.